The van der Waals surface area contributed by atoms with Gasteiger partial charge in [-0.25, -0.2) is 0 Å². The zero-order valence-electron chi connectivity index (χ0n) is 5.47. The maximum atomic E-state index is 8.32. The highest BCUT2D eigenvalue weighted by molar-refractivity contribution is 5.01. The van der Waals surface area contributed by atoms with Crippen LogP contribution in [0.4, 0.5) is 0 Å². The minimum atomic E-state index is 0.157. The van der Waals surface area contributed by atoms with Crippen molar-refractivity contribution in [1.29, 1.82) is 0 Å². The molecule has 2 heteroatoms. The fourth-order valence-electron chi connectivity index (χ4n) is 0.327. The molecule has 0 aliphatic rings. The van der Waals surface area contributed by atoms with E-state index in [0.29, 0.717) is 18.8 Å². The highest BCUT2D eigenvalue weighted by Gasteiger charge is 1.85. The number of rotatable bonds is 5. The Morgan fingerprint density at radius 1 is 1.67 bits per heavy atom. The largest absolute Gasteiger partial charge is 0.494 e. The third-order valence-electron chi connectivity index (χ3n) is 0.818. The van der Waals surface area contributed by atoms with Crippen LogP contribution in [0.1, 0.15) is 6.42 Å². The summed E-state index contributed by atoms with van der Waals surface area (Å²) in [7, 11) is 0. The number of aliphatic hydroxyl groups excluding tert-OH is 1. The SMILES string of the molecule is C=CC(=C)OCCCO. The monoisotopic (exact) mass is 128 g/mol. The molecule has 0 rings (SSSR count). The van der Waals surface area contributed by atoms with E-state index in [-0.39, 0.29) is 6.61 Å². The Morgan fingerprint density at radius 2 is 2.33 bits per heavy atom. The zero-order valence-corrected chi connectivity index (χ0v) is 5.47. The fraction of sp³-hybridized carbons (Fsp3) is 0.429. The maximum absolute atomic E-state index is 8.32. The second kappa shape index (κ2) is 5.38. The highest BCUT2D eigenvalue weighted by Crippen LogP contribution is 1.93. The summed E-state index contributed by atoms with van der Waals surface area (Å²) in [5, 5.41) is 8.32. The molecule has 0 radical (unpaired) electrons. The molecule has 0 atom stereocenters. The van der Waals surface area contributed by atoms with Crippen molar-refractivity contribution in [3.8, 4) is 0 Å². The molecule has 52 valence electrons. The molecule has 0 aromatic rings. The molecular weight excluding hydrogens is 116 g/mol. The number of hydrogen-bond donors (Lipinski definition) is 1. The van der Waals surface area contributed by atoms with Gasteiger partial charge in [0.25, 0.3) is 0 Å². The summed E-state index contributed by atoms with van der Waals surface area (Å²) in [5.41, 5.74) is 0. The van der Waals surface area contributed by atoms with E-state index in [1.165, 1.54) is 6.08 Å². The molecular formula is C7H12O2. The Labute approximate surface area is 55.5 Å². The summed E-state index contributed by atoms with van der Waals surface area (Å²) in [4.78, 5) is 0. The molecule has 0 fully saturated rings. The molecule has 0 spiro atoms. The van der Waals surface area contributed by atoms with Crippen LogP contribution < -0.4 is 0 Å². The number of ether oxygens (including phenoxy) is 1. The Morgan fingerprint density at radius 3 is 2.78 bits per heavy atom. The molecule has 0 aromatic heterocycles. The van der Waals surface area contributed by atoms with E-state index in [1.54, 1.807) is 0 Å². The van der Waals surface area contributed by atoms with E-state index < -0.39 is 0 Å². The maximum Gasteiger partial charge on any atom is 0.111 e. The van der Waals surface area contributed by atoms with Gasteiger partial charge >= 0.3 is 0 Å². The van der Waals surface area contributed by atoms with Crippen LogP contribution in [0.25, 0.3) is 0 Å². The van der Waals surface area contributed by atoms with Gasteiger partial charge in [-0.15, -0.1) is 0 Å². The quantitative estimate of drug-likeness (QED) is 0.341. The minimum Gasteiger partial charge on any atom is -0.494 e. The van der Waals surface area contributed by atoms with E-state index >= 15 is 0 Å². The van der Waals surface area contributed by atoms with Gasteiger partial charge in [-0.05, 0) is 6.08 Å². The highest BCUT2D eigenvalue weighted by atomic mass is 16.5. The number of aliphatic hydroxyl groups is 1. The van der Waals surface area contributed by atoms with E-state index in [4.69, 9.17) is 9.84 Å². The van der Waals surface area contributed by atoms with E-state index in [2.05, 4.69) is 13.2 Å². The number of allylic oxidation sites excluding steroid dienone is 1. The molecule has 0 heterocycles. The second-order valence-electron chi connectivity index (χ2n) is 1.60. The van der Waals surface area contributed by atoms with Crippen molar-refractivity contribution in [2.24, 2.45) is 0 Å². The van der Waals surface area contributed by atoms with Crippen molar-refractivity contribution in [3.05, 3.63) is 25.0 Å². The lowest BCUT2D eigenvalue weighted by molar-refractivity contribution is 0.185. The van der Waals surface area contributed by atoms with Crippen LogP contribution in [0.15, 0.2) is 25.0 Å². The molecule has 0 saturated heterocycles. The molecule has 2 nitrogen and oxygen atoms in total. The van der Waals surface area contributed by atoms with Crippen molar-refractivity contribution in [2.45, 2.75) is 6.42 Å². The summed E-state index contributed by atoms with van der Waals surface area (Å²) < 4.78 is 4.96. The Balaban J connectivity index is 3.07. The predicted octanol–water partition coefficient (Wildman–Crippen LogP) is 1.09. The Hall–Kier alpha value is -0.760. The van der Waals surface area contributed by atoms with Crippen LogP contribution in [0.2, 0.25) is 0 Å². The molecule has 0 amide bonds. The van der Waals surface area contributed by atoms with Gasteiger partial charge in [0.15, 0.2) is 0 Å². The van der Waals surface area contributed by atoms with Gasteiger partial charge in [0, 0.05) is 13.0 Å². The third kappa shape index (κ3) is 5.11. The molecule has 0 bridgehead atoms. The molecule has 0 aromatic carbocycles. The van der Waals surface area contributed by atoms with E-state index in [1.807, 2.05) is 0 Å². The van der Waals surface area contributed by atoms with Crippen molar-refractivity contribution >= 4 is 0 Å². The molecule has 0 aliphatic carbocycles. The first kappa shape index (κ1) is 8.24. The van der Waals surface area contributed by atoms with Gasteiger partial charge in [-0.2, -0.15) is 0 Å². The van der Waals surface area contributed by atoms with Gasteiger partial charge in [0.1, 0.15) is 5.76 Å². The number of hydrogen-bond acceptors (Lipinski definition) is 2. The van der Waals surface area contributed by atoms with Gasteiger partial charge in [0.2, 0.25) is 0 Å². The average molecular weight is 128 g/mol. The predicted molar refractivity (Wildman–Crippen MR) is 37.0 cm³/mol. The van der Waals surface area contributed by atoms with E-state index in [0.717, 1.165) is 0 Å². The van der Waals surface area contributed by atoms with Crippen LogP contribution in [0.5, 0.6) is 0 Å². The van der Waals surface area contributed by atoms with Crippen LogP contribution >= 0.6 is 0 Å². The topological polar surface area (TPSA) is 29.5 Å². The Bertz CT molecular complexity index is 97.1. The summed E-state index contributed by atoms with van der Waals surface area (Å²) in [6, 6.07) is 0. The molecule has 0 aliphatic heterocycles. The fourth-order valence-corrected chi connectivity index (χ4v) is 0.327. The van der Waals surface area contributed by atoms with Crippen LogP contribution in [-0.4, -0.2) is 18.3 Å². The second-order valence-corrected chi connectivity index (χ2v) is 1.60. The lowest BCUT2D eigenvalue weighted by Gasteiger charge is -2.01. The standard InChI is InChI=1S/C7H12O2/c1-3-7(2)9-6-4-5-8/h3,8H,1-2,4-6H2. The van der Waals surface area contributed by atoms with Gasteiger partial charge < -0.3 is 9.84 Å². The van der Waals surface area contributed by atoms with Crippen molar-refractivity contribution < 1.29 is 9.84 Å². The smallest absolute Gasteiger partial charge is 0.111 e. The van der Waals surface area contributed by atoms with Gasteiger partial charge in [0.05, 0.1) is 6.61 Å². The minimum absolute atomic E-state index is 0.157. The third-order valence-corrected chi connectivity index (χ3v) is 0.818. The first-order valence-electron chi connectivity index (χ1n) is 2.86. The van der Waals surface area contributed by atoms with Crippen molar-refractivity contribution in [2.75, 3.05) is 13.2 Å². The summed E-state index contributed by atoms with van der Waals surface area (Å²) in [5.74, 6) is 0.559. The van der Waals surface area contributed by atoms with Gasteiger partial charge in [-0.1, -0.05) is 13.2 Å². The normalized spacial score (nSPS) is 8.56. The average Bonchev–Trinajstić information content (AvgIpc) is 1.89. The first-order chi connectivity index (χ1) is 4.31. The molecule has 1 N–H and O–H groups in total. The molecule has 0 unspecified atom stereocenters. The van der Waals surface area contributed by atoms with Crippen LogP contribution in [0.3, 0.4) is 0 Å². The summed E-state index contributed by atoms with van der Waals surface area (Å²) in [6.45, 7) is 7.65. The van der Waals surface area contributed by atoms with E-state index in [9.17, 15) is 0 Å². The lowest BCUT2D eigenvalue weighted by Crippen LogP contribution is -1.94. The van der Waals surface area contributed by atoms with Crippen LogP contribution in [0, 0.1) is 0 Å². The molecule has 0 saturated carbocycles. The van der Waals surface area contributed by atoms with Crippen molar-refractivity contribution in [1.82, 2.24) is 0 Å². The summed E-state index contributed by atoms with van der Waals surface area (Å²) >= 11 is 0. The van der Waals surface area contributed by atoms with Crippen molar-refractivity contribution in [3.63, 3.8) is 0 Å². The summed E-state index contributed by atoms with van der Waals surface area (Å²) in [6.07, 6.45) is 2.18. The zero-order chi connectivity index (χ0) is 7.11. The first-order valence-corrected chi connectivity index (χ1v) is 2.86. The Kier molecular flexibility index (Phi) is 4.92. The molecule has 9 heavy (non-hydrogen) atoms. The lowest BCUT2D eigenvalue weighted by atomic mass is 10.5. The van der Waals surface area contributed by atoms with Gasteiger partial charge in [-0.3, -0.25) is 0 Å². The van der Waals surface area contributed by atoms with Crippen LogP contribution in [-0.2, 0) is 4.74 Å².